The van der Waals surface area contributed by atoms with E-state index in [2.05, 4.69) is 0 Å². The molecule has 1 aromatic carbocycles. The van der Waals surface area contributed by atoms with Crippen LogP contribution in [0.25, 0.3) is 0 Å². The van der Waals surface area contributed by atoms with Crippen LogP contribution in [0.15, 0.2) is 24.3 Å². The Balaban J connectivity index is 2.71. The second-order valence-electron chi connectivity index (χ2n) is 4.09. The van der Waals surface area contributed by atoms with Gasteiger partial charge in [-0.15, -0.1) is 0 Å². The average molecular weight is 250 g/mol. The highest BCUT2D eigenvalue weighted by Crippen LogP contribution is 2.19. The molecule has 0 aliphatic heterocycles. The molecule has 0 amide bonds. The van der Waals surface area contributed by atoms with Gasteiger partial charge in [-0.25, -0.2) is 0 Å². The fourth-order valence-corrected chi connectivity index (χ4v) is 1.41. The maximum absolute atomic E-state index is 11.7. The Kier molecular flexibility index (Phi) is 5.36. The molecule has 0 aliphatic carbocycles. The van der Waals surface area contributed by atoms with E-state index in [-0.39, 0.29) is 18.5 Å². The summed E-state index contributed by atoms with van der Waals surface area (Å²) in [6.45, 7) is 5.12. The van der Waals surface area contributed by atoms with Crippen molar-refractivity contribution in [1.29, 1.82) is 0 Å². The van der Waals surface area contributed by atoms with Crippen LogP contribution in [0.2, 0.25) is 0 Å². The van der Waals surface area contributed by atoms with Gasteiger partial charge in [0.25, 0.3) is 0 Å². The van der Waals surface area contributed by atoms with Gasteiger partial charge in [0.2, 0.25) is 0 Å². The number of ether oxygens (including phenoxy) is 2. The minimum Gasteiger partial charge on any atom is -0.462 e. The predicted molar refractivity (Wildman–Crippen MR) is 67.3 cm³/mol. The van der Waals surface area contributed by atoms with Crippen LogP contribution in [0.4, 0.5) is 0 Å². The molecule has 18 heavy (non-hydrogen) atoms. The molecule has 4 nitrogen and oxygen atoms in total. The second kappa shape index (κ2) is 6.79. The first kappa shape index (κ1) is 14.2. The lowest BCUT2D eigenvalue weighted by Gasteiger charge is -2.12. The summed E-state index contributed by atoms with van der Waals surface area (Å²) in [5, 5.41) is 0. The first-order valence-electron chi connectivity index (χ1n) is 5.98. The molecule has 0 saturated heterocycles. The van der Waals surface area contributed by atoms with Crippen molar-refractivity contribution in [3.63, 3.8) is 0 Å². The van der Waals surface area contributed by atoms with E-state index in [9.17, 15) is 9.59 Å². The molecule has 0 fully saturated rings. The van der Waals surface area contributed by atoms with Crippen molar-refractivity contribution in [3.8, 4) is 5.75 Å². The Bertz CT molecular complexity index is 426. The van der Waals surface area contributed by atoms with E-state index in [1.165, 1.54) is 6.92 Å². The molecule has 0 radical (unpaired) electrons. The lowest BCUT2D eigenvalue weighted by atomic mass is 10.1. The van der Waals surface area contributed by atoms with Crippen molar-refractivity contribution in [1.82, 2.24) is 0 Å². The zero-order valence-corrected chi connectivity index (χ0v) is 10.9. The van der Waals surface area contributed by atoms with E-state index in [4.69, 9.17) is 9.47 Å². The summed E-state index contributed by atoms with van der Waals surface area (Å²) in [6, 6.07) is 6.95. The zero-order valence-electron chi connectivity index (χ0n) is 10.9. The molecule has 1 unspecified atom stereocenters. The maximum Gasteiger partial charge on any atom is 0.310 e. The number of carbonyl (C=O) groups is 2. The summed E-state index contributed by atoms with van der Waals surface area (Å²) in [4.78, 5) is 22.6. The van der Waals surface area contributed by atoms with Crippen molar-refractivity contribution >= 4 is 11.9 Å². The minimum absolute atomic E-state index is 0.0987. The monoisotopic (exact) mass is 250 g/mol. The lowest BCUT2D eigenvalue weighted by Crippen LogP contribution is -2.16. The molecular formula is C14H18O4. The van der Waals surface area contributed by atoms with Crippen LogP contribution < -0.4 is 4.74 Å². The highest BCUT2D eigenvalue weighted by molar-refractivity contribution is 5.75. The van der Waals surface area contributed by atoms with E-state index in [0.717, 1.165) is 6.42 Å². The SMILES string of the molecule is CCC(C)OC(=O)Cc1ccccc1OC(C)=O. The van der Waals surface area contributed by atoms with Gasteiger partial charge in [0.1, 0.15) is 5.75 Å². The summed E-state index contributed by atoms with van der Waals surface area (Å²) in [7, 11) is 0. The third-order valence-electron chi connectivity index (χ3n) is 2.47. The van der Waals surface area contributed by atoms with Crippen LogP contribution in [-0.2, 0) is 20.7 Å². The Morgan fingerprint density at radius 1 is 1.28 bits per heavy atom. The van der Waals surface area contributed by atoms with E-state index >= 15 is 0 Å². The third-order valence-corrected chi connectivity index (χ3v) is 2.47. The van der Waals surface area contributed by atoms with Crippen molar-refractivity contribution < 1.29 is 19.1 Å². The summed E-state index contributed by atoms with van der Waals surface area (Å²) in [6.07, 6.45) is 0.781. The average Bonchev–Trinajstić information content (AvgIpc) is 2.30. The first-order valence-corrected chi connectivity index (χ1v) is 5.98. The third kappa shape index (κ3) is 4.57. The Morgan fingerprint density at radius 2 is 1.94 bits per heavy atom. The van der Waals surface area contributed by atoms with Crippen LogP contribution >= 0.6 is 0 Å². The molecule has 0 aliphatic rings. The molecule has 0 spiro atoms. The van der Waals surface area contributed by atoms with E-state index in [1.807, 2.05) is 13.8 Å². The van der Waals surface area contributed by atoms with Gasteiger partial charge in [0.15, 0.2) is 0 Å². The van der Waals surface area contributed by atoms with Crippen LogP contribution in [0, 0.1) is 0 Å². The molecule has 1 rings (SSSR count). The molecule has 0 saturated carbocycles. The highest BCUT2D eigenvalue weighted by Gasteiger charge is 2.13. The number of rotatable bonds is 5. The Morgan fingerprint density at radius 3 is 2.56 bits per heavy atom. The maximum atomic E-state index is 11.7. The number of benzene rings is 1. The van der Waals surface area contributed by atoms with Crippen molar-refractivity contribution in [2.45, 2.75) is 39.7 Å². The summed E-state index contributed by atoms with van der Waals surface area (Å²) < 4.78 is 10.2. The van der Waals surface area contributed by atoms with E-state index < -0.39 is 5.97 Å². The van der Waals surface area contributed by atoms with Crippen LogP contribution in [-0.4, -0.2) is 18.0 Å². The smallest absolute Gasteiger partial charge is 0.310 e. The summed E-state index contributed by atoms with van der Waals surface area (Å²) in [5.74, 6) is -0.312. The molecule has 1 atom stereocenters. The fraction of sp³-hybridized carbons (Fsp3) is 0.429. The lowest BCUT2D eigenvalue weighted by molar-refractivity contribution is -0.147. The minimum atomic E-state index is -0.405. The highest BCUT2D eigenvalue weighted by atomic mass is 16.5. The van der Waals surface area contributed by atoms with Gasteiger partial charge in [-0.05, 0) is 19.4 Å². The molecule has 0 aromatic heterocycles. The number of hydrogen-bond acceptors (Lipinski definition) is 4. The Labute approximate surface area is 107 Å². The Hall–Kier alpha value is -1.84. The van der Waals surface area contributed by atoms with Gasteiger partial charge in [0.05, 0.1) is 12.5 Å². The molecule has 98 valence electrons. The molecule has 0 bridgehead atoms. The molecular weight excluding hydrogens is 232 g/mol. The van der Waals surface area contributed by atoms with Gasteiger partial charge >= 0.3 is 11.9 Å². The number of carbonyl (C=O) groups excluding carboxylic acids is 2. The standard InChI is InChI=1S/C14H18O4/c1-4-10(2)17-14(16)9-12-7-5-6-8-13(12)18-11(3)15/h5-8,10H,4,9H2,1-3H3. The normalized spacial score (nSPS) is 11.7. The zero-order chi connectivity index (χ0) is 13.5. The largest absolute Gasteiger partial charge is 0.462 e. The number of hydrogen-bond donors (Lipinski definition) is 0. The van der Waals surface area contributed by atoms with Gasteiger partial charge in [-0.2, -0.15) is 0 Å². The molecule has 4 heteroatoms. The second-order valence-corrected chi connectivity index (χ2v) is 4.09. The van der Waals surface area contributed by atoms with Crippen molar-refractivity contribution in [3.05, 3.63) is 29.8 Å². The van der Waals surface area contributed by atoms with Crippen LogP contribution in [0.1, 0.15) is 32.8 Å². The molecule has 0 heterocycles. The van der Waals surface area contributed by atoms with Gasteiger partial charge in [-0.3, -0.25) is 9.59 Å². The van der Waals surface area contributed by atoms with Gasteiger partial charge < -0.3 is 9.47 Å². The van der Waals surface area contributed by atoms with E-state index in [0.29, 0.717) is 11.3 Å². The van der Waals surface area contributed by atoms with Gasteiger partial charge in [-0.1, -0.05) is 25.1 Å². The summed E-state index contributed by atoms with van der Waals surface area (Å²) >= 11 is 0. The predicted octanol–water partition coefficient (Wildman–Crippen LogP) is 2.50. The molecule has 0 N–H and O–H groups in total. The van der Waals surface area contributed by atoms with E-state index in [1.54, 1.807) is 24.3 Å². The van der Waals surface area contributed by atoms with Crippen molar-refractivity contribution in [2.75, 3.05) is 0 Å². The first-order chi connectivity index (χ1) is 8.52. The topological polar surface area (TPSA) is 52.6 Å². The fourth-order valence-electron chi connectivity index (χ4n) is 1.41. The number of esters is 2. The van der Waals surface area contributed by atoms with Gasteiger partial charge in [0, 0.05) is 12.5 Å². The molecule has 1 aromatic rings. The van der Waals surface area contributed by atoms with Crippen LogP contribution in [0.5, 0.6) is 5.75 Å². The quantitative estimate of drug-likeness (QED) is 0.595. The van der Waals surface area contributed by atoms with Crippen LogP contribution in [0.3, 0.4) is 0 Å². The summed E-state index contributed by atoms with van der Waals surface area (Å²) in [5.41, 5.74) is 0.654. The number of para-hydroxylation sites is 1. The van der Waals surface area contributed by atoms with Crippen molar-refractivity contribution in [2.24, 2.45) is 0 Å².